The van der Waals surface area contributed by atoms with Gasteiger partial charge in [0.1, 0.15) is 11.7 Å². The molecule has 0 saturated heterocycles. The van der Waals surface area contributed by atoms with Gasteiger partial charge in [-0.2, -0.15) is 0 Å². The molecule has 1 aliphatic rings. The molecular formula is C13H15NO4. The van der Waals surface area contributed by atoms with Crippen molar-refractivity contribution >= 4 is 11.9 Å². The number of rotatable bonds is 3. The molecule has 0 radical (unpaired) electrons. The normalized spacial score (nSPS) is 19.3. The van der Waals surface area contributed by atoms with Crippen molar-refractivity contribution in [3.05, 3.63) is 29.8 Å². The van der Waals surface area contributed by atoms with Gasteiger partial charge in [0, 0.05) is 12.0 Å². The summed E-state index contributed by atoms with van der Waals surface area (Å²) < 4.78 is 5.48. The largest absolute Gasteiger partial charge is 0.493 e. The highest BCUT2D eigenvalue weighted by Crippen LogP contribution is 2.31. The van der Waals surface area contributed by atoms with Crippen molar-refractivity contribution in [3.63, 3.8) is 0 Å². The first kappa shape index (κ1) is 12.4. The minimum absolute atomic E-state index is 0.177. The predicted octanol–water partition coefficient (Wildman–Crippen LogP) is 1.35. The van der Waals surface area contributed by atoms with Crippen LogP contribution in [0.25, 0.3) is 0 Å². The Bertz CT molecular complexity index is 472. The number of amides is 1. The first-order valence-corrected chi connectivity index (χ1v) is 5.84. The van der Waals surface area contributed by atoms with E-state index in [-0.39, 0.29) is 6.04 Å². The molecule has 96 valence electrons. The molecule has 0 fully saturated rings. The van der Waals surface area contributed by atoms with Gasteiger partial charge in [-0.1, -0.05) is 18.2 Å². The van der Waals surface area contributed by atoms with Crippen molar-refractivity contribution in [2.75, 3.05) is 6.61 Å². The molecule has 1 aromatic carbocycles. The second kappa shape index (κ2) is 5.08. The molecule has 0 aliphatic carbocycles. The summed E-state index contributed by atoms with van der Waals surface area (Å²) in [5, 5.41) is 11.5. The number of para-hydroxylation sites is 1. The third-order valence-electron chi connectivity index (χ3n) is 3.04. The van der Waals surface area contributed by atoms with Gasteiger partial charge in [-0.15, -0.1) is 0 Å². The van der Waals surface area contributed by atoms with Gasteiger partial charge in [-0.05, 0) is 13.0 Å². The van der Waals surface area contributed by atoms with Crippen LogP contribution in [0.5, 0.6) is 5.75 Å². The molecule has 1 heterocycles. The quantitative estimate of drug-likeness (QED) is 0.793. The lowest BCUT2D eigenvalue weighted by molar-refractivity contribution is -0.146. The molecule has 0 saturated carbocycles. The fourth-order valence-corrected chi connectivity index (χ4v) is 1.90. The van der Waals surface area contributed by atoms with Gasteiger partial charge in [0.15, 0.2) is 0 Å². The van der Waals surface area contributed by atoms with Gasteiger partial charge in [0.05, 0.1) is 12.6 Å². The molecule has 2 rings (SSSR count). The van der Waals surface area contributed by atoms with Gasteiger partial charge < -0.3 is 15.2 Å². The number of aliphatic carboxylic acids is 1. The van der Waals surface area contributed by atoms with Crippen LogP contribution in [-0.2, 0) is 9.59 Å². The van der Waals surface area contributed by atoms with Crippen molar-refractivity contribution in [3.8, 4) is 5.75 Å². The molecule has 0 aromatic heterocycles. The van der Waals surface area contributed by atoms with Crippen LogP contribution in [-0.4, -0.2) is 23.6 Å². The summed E-state index contributed by atoms with van der Waals surface area (Å²) in [6, 6.07) is 7.28. The lowest BCUT2D eigenvalue weighted by atomic mass is 9.99. The van der Waals surface area contributed by atoms with E-state index in [0.717, 1.165) is 11.3 Å². The highest BCUT2D eigenvalue weighted by Gasteiger charge is 2.27. The first-order valence-electron chi connectivity index (χ1n) is 5.84. The fourth-order valence-electron chi connectivity index (χ4n) is 1.90. The lowest BCUT2D eigenvalue weighted by Gasteiger charge is -2.27. The molecule has 2 N–H and O–H groups in total. The predicted molar refractivity (Wildman–Crippen MR) is 64.2 cm³/mol. The van der Waals surface area contributed by atoms with E-state index in [1.165, 1.54) is 6.92 Å². The smallest absolute Gasteiger partial charge is 0.315 e. The second-order valence-corrected chi connectivity index (χ2v) is 4.30. The van der Waals surface area contributed by atoms with Crippen LogP contribution in [0.3, 0.4) is 0 Å². The van der Waals surface area contributed by atoms with Gasteiger partial charge in [-0.3, -0.25) is 9.59 Å². The maximum Gasteiger partial charge on any atom is 0.315 e. The highest BCUT2D eigenvalue weighted by molar-refractivity contribution is 5.96. The number of carbonyl (C=O) groups excluding carboxylic acids is 1. The van der Waals surface area contributed by atoms with Crippen molar-refractivity contribution in [2.45, 2.75) is 19.4 Å². The maximum atomic E-state index is 11.7. The van der Waals surface area contributed by atoms with Crippen LogP contribution in [0.4, 0.5) is 0 Å². The Balaban J connectivity index is 2.12. The average molecular weight is 249 g/mol. The number of nitrogens with one attached hydrogen (secondary N) is 1. The zero-order valence-electron chi connectivity index (χ0n) is 10.1. The third kappa shape index (κ3) is 2.45. The molecular weight excluding hydrogens is 234 g/mol. The van der Waals surface area contributed by atoms with E-state index in [9.17, 15) is 9.59 Å². The number of carbonyl (C=O) groups is 2. The number of benzene rings is 1. The average Bonchev–Trinajstić information content (AvgIpc) is 2.38. The molecule has 0 bridgehead atoms. The Morgan fingerprint density at radius 1 is 1.44 bits per heavy atom. The molecule has 2 atom stereocenters. The number of ether oxygens (including phenoxy) is 1. The molecule has 18 heavy (non-hydrogen) atoms. The van der Waals surface area contributed by atoms with E-state index >= 15 is 0 Å². The summed E-state index contributed by atoms with van der Waals surface area (Å²) in [5.74, 6) is -1.88. The van der Waals surface area contributed by atoms with Crippen LogP contribution in [0.1, 0.15) is 24.9 Å². The van der Waals surface area contributed by atoms with Crippen molar-refractivity contribution in [2.24, 2.45) is 5.92 Å². The number of hydrogen-bond donors (Lipinski definition) is 2. The first-order chi connectivity index (χ1) is 8.59. The molecule has 2 unspecified atom stereocenters. The van der Waals surface area contributed by atoms with Crippen molar-refractivity contribution in [1.82, 2.24) is 5.32 Å². The Labute approximate surface area is 105 Å². The zero-order valence-corrected chi connectivity index (χ0v) is 10.1. The second-order valence-electron chi connectivity index (χ2n) is 4.30. The SMILES string of the molecule is CC(C(=O)O)C(=O)NC1CCOc2ccccc21. The van der Waals surface area contributed by atoms with Crippen LogP contribution in [0, 0.1) is 5.92 Å². The molecule has 5 nitrogen and oxygen atoms in total. The summed E-state index contributed by atoms with van der Waals surface area (Å²) in [4.78, 5) is 22.5. The Morgan fingerprint density at radius 2 is 2.17 bits per heavy atom. The summed E-state index contributed by atoms with van der Waals surface area (Å²) in [6.07, 6.45) is 0.648. The van der Waals surface area contributed by atoms with Gasteiger partial charge >= 0.3 is 5.97 Å². The van der Waals surface area contributed by atoms with Gasteiger partial charge in [0.2, 0.25) is 5.91 Å². The summed E-state index contributed by atoms with van der Waals surface area (Å²) in [7, 11) is 0. The minimum Gasteiger partial charge on any atom is -0.493 e. The van der Waals surface area contributed by atoms with Crippen LogP contribution in [0.2, 0.25) is 0 Å². The number of carboxylic acids is 1. The monoisotopic (exact) mass is 249 g/mol. The van der Waals surface area contributed by atoms with E-state index in [1.807, 2.05) is 24.3 Å². The molecule has 5 heteroatoms. The Hall–Kier alpha value is -2.04. The number of carboxylic acid groups (broad SMARTS) is 1. The Kier molecular flexibility index (Phi) is 3.50. The summed E-state index contributed by atoms with van der Waals surface area (Å²) >= 11 is 0. The van der Waals surface area contributed by atoms with E-state index in [2.05, 4.69) is 5.32 Å². The number of hydrogen-bond acceptors (Lipinski definition) is 3. The lowest BCUT2D eigenvalue weighted by Crippen LogP contribution is -2.38. The summed E-state index contributed by atoms with van der Waals surface area (Å²) in [5.41, 5.74) is 0.898. The molecule has 0 spiro atoms. The Morgan fingerprint density at radius 3 is 2.89 bits per heavy atom. The van der Waals surface area contributed by atoms with Gasteiger partial charge in [0.25, 0.3) is 0 Å². The third-order valence-corrected chi connectivity index (χ3v) is 3.04. The van der Waals surface area contributed by atoms with Crippen LogP contribution >= 0.6 is 0 Å². The number of fused-ring (bicyclic) bond motifs is 1. The molecule has 1 amide bonds. The highest BCUT2D eigenvalue weighted by atomic mass is 16.5. The van der Waals surface area contributed by atoms with Crippen LogP contribution < -0.4 is 10.1 Å². The molecule has 1 aliphatic heterocycles. The fraction of sp³-hybridized carbons (Fsp3) is 0.385. The van der Waals surface area contributed by atoms with E-state index in [4.69, 9.17) is 9.84 Å². The van der Waals surface area contributed by atoms with Gasteiger partial charge in [-0.25, -0.2) is 0 Å². The van der Waals surface area contributed by atoms with Crippen molar-refractivity contribution < 1.29 is 19.4 Å². The zero-order chi connectivity index (χ0) is 13.1. The molecule has 1 aromatic rings. The van der Waals surface area contributed by atoms with E-state index < -0.39 is 17.8 Å². The maximum absolute atomic E-state index is 11.7. The summed E-state index contributed by atoms with van der Waals surface area (Å²) in [6.45, 7) is 1.90. The van der Waals surface area contributed by atoms with E-state index in [0.29, 0.717) is 13.0 Å². The standard InChI is InChI=1S/C13H15NO4/c1-8(13(16)17)12(15)14-10-6-7-18-11-5-3-2-4-9(10)11/h2-5,8,10H,6-7H2,1H3,(H,14,15)(H,16,17). The van der Waals surface area contributed by atoms with E-state index in [1.54, 1.807) is 0 Å². The topological polar surface area (TPSA) is 75.6 Å². The van der Waals surface area contributed by atoms with Crippen LogP contribution in [0.15, 0.2) is 24.3 Å². The minimum atomic E-state index is -1.12. The van der Waals surface area contributed by atoms with Crippen molar-refractivity contribution in [1.29, 1.82) is 0 Å².